The molecule has 0 radical (unpaired) electrons. The van der Waals surface area contributed by atoms with Gasteiger partial charge in [-0.2, -0.15) is 0 Å². The van der Waals surface area contributed by atoms with Gasteiger partial charge in [0, 0.05) is 7.05 Å². The van der Waals surface area contributed by atoms with E-state index >= 15 is 0 Å². The van der Waals surface area contributed by atoms with Crippen LogP contribution in [0.25, 0.3) is 0 Å². The zero-order valence-electron chi connectivity index (χ0n) is 13.1. The lowest BCUT2D eigenvalue weighted by Gasteiger charge is -2.30. The van der Waals surface area contributed by atoms with E-state index in [0.29, 0.717) is 6.54 Å². The maximum Gasteiger partial charge on any atom is 0.246 e. The summed E-state index contributed by atoms with van der Waals surface area (Å²) in [6.07, 6.45) is 8.23. The van der Waals surface area contributed by atoms with Gasteiger partial charge in [0.2, 0.25) is 5.91 Å². The van der Waals surface area contributed by atoms with E-state index < -0.39 is 0 Å². The number of hydrogen-bond acceptors (Lipinski definition) is 2. The molecule has 0 saturated heterocycles. The SMILES string of the molecule is CCCCC/C=C/C(=O)N(C)CC[N+](C)(C)CCO. The van der Waals surface area contributed by atoms with Crippen molar-refractivity contribution in [3.8, 4) is 0 Å². The van der Waals surface area contributed by atoms with Crippen molar-refractivity contribution in [3.63, 3.8) is 0 Å². The number of quaternary nitrogens is 1. The average Bonchev–Trinajstić information content (AvgIpc) is 2.35. The maximum atomic E-state index is 11.8. The van der Waals surface area contributed by atoms with Crippen LogP contribution in [0.15, 0.2) is 12.2 Å². The second kappa shape index (κ2) is 9.98. The molecule has 4 heteroatoms. The number of unbranched alkanes of at least 4 members (excludes halogenated alkanes) is 3. The van der Waals surface area contributed by atoms with Gasteiger partial charge in [0.1, 0.15) is 6.54 Å². The Hall–Kier alpha value is -0.870. The van der Waals surface area contributed by atoms with Gasteiger partial charge in [0.25, 0.3) is 0 Å². The highest BCUT2D eigenvalue weighted by atomic mass is 16.3. The van der Waals surface area contributed by atoms with E-state index in [4.69, 9.17) is 5.11 Å². The summed E-state index contributed by atoms with van der Waals surface area (Å²) in [7, 11) is 5.96. The van der Waals surface area contributed by atoms with Crippen molar-refractivity contribution in [3.05, 3.63) is 12.2 Å². The number of aliphatic hydroxyl groups is 1. The number of hydrogen-bond donors (Lipinski definition) is 1. The first-order valence-electron chi connectivity index (χ1n) is 7.27. The zero-order valence-corrected chi connectivity index (χ0v) is 13.1. The molecule has 0 aliphatic rings. The first kappa shape index (κ1) is 18.1. The molecule has 0 atom stereocenters. The molecule has 1 N–H and O–H groups in total. The van der Waals surface area contributed by atoms with Crippen LogP contribution in [0, 0.1) is 0 Å². The predicted octanol–water partition coefficient (Wildman–Crippen LogP) is 1.65. The number of carbonyl (C=O) groups excluding carboxylic acids is 1. The van der Waals surface area contributed by atoms with Gasteiger partial charge < -0.3 is 14.5 Å². The summed E-state index contributed by atoms with van der Waals surface area (Å²) in [5, 5.41) is 8.96. The van der Waals surface area contributed by atoms with Gasteiger partial charge in [0.05, 0.1) is 33.8 Å². The summed E-state index contributed by atoms with van der Waals surface area (Å²) in [6, 6.07) is 0. The molecule has 0 unspecified atom stereocenters. The zero-order chi connectivity index (χ0) is 14.7. The van der Waals surface area contributed by atoms with Crippen LogP contribution in [-0.2, 0) is 4.79 Å². The van der Waals surface area contributed by atoms with Gasteiger partial charge >= 0.3 is 0 Å². The van der Waals surface area contributed by atoms with E-state index in [1.807, 2.05) is 13.1 Å². The molecule has 0 saturated carbocycles. The van der Waals surface area contributed by atoms with Gasteiger partial charge in [-0.3, -0.25) is 4.79 Å². The minimum Gasteiger partial charge on any atom is -0.391 e. The van der Waals surface area contributed by atoms with Gasteiger partial charge in [-0.05, 0) is 18.9 Å². The van der Waals surface area contributed by atoms with Gasteiger partial charge in [0.15, 0.2) is 0 Å². The van der Waals surface area contributed by atoms with Crippen molar-refractivity contribution in [2.75, 3.05) is 47.4 Å². The van der Waals surface area contributed by atoms with E-state index in [1.165, 1.54) is 12.8 Å². The van der Waals surface area contributed by atoms with Gasteiger partial charge in [-0.1, -0.05) is 25.8 Å². The molecule has 0 bridgehead atoms. The van der Waals surface area contributed by atoms with Crippen LogP contribution in [-0.4, -0.2) is 67.8 Å². The van der Waals surface area contributed by atoms with Crippen molar-refractivity contribution in [1.82, 2.24) is 4.90 Å². The normalized spacial score (nSPS) is 12.1. The maximum absolute atomic E-state index is 11.8. The highest BCUT2D eigenvalue weighted by molar-refractivity contribution is 5.87. The number of aliphatic hydroxyl groups excluding tert-OH is 1. The fraction of sp³-hybridized carbons (Fsp3) is 0.800. The van der Waals surface area contributed by atoms with Crippen LogP contribution in [0.4, 0.5) is 0 Å². The third kappa shape index (κ3) is 9.68. The Labute approximate surface area is 118 Å². The quantitative estimate of drug-likeness (QED) is 0.373. The second-order valence-electron chi connectivity index (χ2n) is 5.76. The smallest absolute Gasteiger partial charge is 0.246 e. The largest absolute Gasteiger partial charge is 0.391 e. The number of allylic oxidation sites excluding steroid dienone is 1. The average molecular weight is 271 g/mol. The minimum atomic E-state index is 0.0699. The Bertz CT molecular complexity index is 275. The molecule has 0 spiro atoms. The third-order valence-corrected chi connectivity index (χ3v) is 3.36. The van der Waals surface area contributed by atoms with E-state index in [-0.39, 0.29) is 12.5 Å². The molecule has 0 aliphatic heterocycles. The van der Waals surface area contributed by atoms with E-state index in [1.54, 1.807) is 11.0 Å². The molecule has 112 valence electrons. The summed E-state index contributed by atoms with van der Waals surface area (Å²) < 4.78 is 0.730. The van der Waals surface area contributed by atoms with Crippen LogP contribution < -0.4 is 0 Å². The number of nitrogens with zero attached hydrogens (tertiary/aromatic N) is 2. The molecular formula is C15H31N2O2+. The Kier molecular flexibility index (Phi) is 9.53. The second-order valence-corrected chi connectivity index (χ2v) is 5.76. The monoisotopic (exact) mass is 271 g/mol. The Balaban J connectivity index is 3.93. The Morgan fingerprint density at radius 1 is 1.26 bits per heavy atom. The lowest BCUT2D eigenvalue weighted by molar-refractivity contribution is -0.889. The van der Waals surface area contributed by atoms with E-state index in [9.17, 15) is 4.79 Å². The van der Waals surface area contributed by atoms with Crippen LogP contribution in [0.1, 0.15) is 32.6 Å². The highest BCUT2D eigenvalue weighted by Crippen LogP contribution is 2.01. The molecule has 0 aromatic heterocycles. The van der Waals surface area contributed by atoms with Gasteiger partial charge in [-0.25, -0.2) is 0 Å². The molecule has 0 fully saturated rings. The summed E-state index contributed by atoms with van der Waals surface area (Å²) in [5.74, 6) is 0.0699. The van der Waals surface area contributed by atoms with Crippen molar-refractivity contribution in [1.29, 1.82) is 0 Å². The van der Waals surface area contributed by atoms with E-state index in [2.05, 4.69) is 21.0 Å². The number of amides is 1. The fourth-order valence-electron chi connectivity index (χ4n) is 1.74. The highest BCUT2D eigenvalue weighted by Gasteiger charge is 2.16. The van der Waals surface area contributed by atoms with Crippen molar-refractivity contribution < 1.29 is 14.4 Å². The molecule has 19 heavy (non-hydrogen) atoms. The topological polar surface area (TPSA) is 40.5 Å². The number of likely N-dealkylation sites (N-methyl/N-ethyl adjacent to an activating group) is 2. The summed E-state index contributed by atoms with van der Waals surface area (Å²) >= 11 is 0. The summed E-state index contributed by atoms with van der Waals surface area (Å²) in [4.78, 5) is 13.6. The fourth-order valence-corrected chi connectivity index (χ4v) is 1.74. The summed E-state index contributed by atoms with van der Waals surface area (Å²) in [6.45, 7) is 4.64. The molecule has 0 aliphatic carbocycles. The van der Waals surface area contributed by atoms with Crippen LogP contribution in [0.2, 0.25) is 0 Å². The Morgan fingerprint density at radius 2 is 1.95 bits per heavy atom. The van der Waals surface area contributed by atoms with Crippen LogP contribution in [0.5, 0.6) is 0 Å². The number of rotatable bonds is 10. The van der Waals surface area contributed by atoms with Crippen molar-refractivity contribution in [2.45, 2.75) is 32.6 Å². The molecular weight excluding hydrogens is 240 g/mol. The minimum absolute atomic E-state index is 0.0699. The standard InChI is InChI=1S/C15H31N2O2/c1-5-6-7-8-9-10-15(19)16(2)11-12-17(3,4)13-14-18/h9-10,18H,5-8,11-14H2,1-4H3/q+1/b10-9+. The van der Waals surface area contributed by atoms with Crippen molar-refractivity contribution >= 4 is 5.91 Å². The molecule has 0 aromatic carbocycles. The first-order chi connectivity index (χ1) is 8.93. The summed E-state index contributed by atoms with van der Waals surface area (Å²) in [5.41, 5.74) is 0. The lowest BCUT2D eigenvalue weighted by atomic mass is 10.2. The van der Waals surface area contributed by atoms with Gasteiger partial charge in [-0.15, -0.1) is 0 Å². The van der Waals surface area contributed by atoms with Crippen molar-refractivity contribution in [2.24, 2.45) is 0 Å². The molecule has 4 nitrogen and oxygen atoms in total. The number of carbonyl (C=O) groups is 1. The molecule has 0 aromatic rings. The van der Waals surface area contributed by atoms with E-state index in [0.717, 1.165) is 30.4 Å². The predicted molar refractivity (Wildman–Crippen MR) is 79.8 cm³/mol. The third-order valence-electron chi connectivity index (χ3n) is 3.36. The van der Waals surface area contributed by atoms with Crippen LogP contribution in [0.3, 0.4) is 0 Å². The molecule has 1 amide bonds. The lowest BCUT2D eigenvalue weighted by Crippen LogP contribution is -2.47. The molecule has 0 rings (SSSR count). The van der Waals surface area contributed by atoms with Crippen LogP contribution >= 0.6 is 0 Å². The Morgan fingerprint density at radius 3 is 2.53 bits per heavy atom. The first-order valence-corrected chi connectivity index (χ1v) is 7.27. The molecule has 0 heterocycles.